The quantitative estimate of drug-likeness (QED) is 0.637. The number of aliphatic carboxylic acids is 1. The molecule has 0 radical (unpaired) electrons. The van der Waals surface area contributed by atoms with Crippen LogP contribution in [0.1, 0.15) is 60.8 Å². The Labute approximate surface area is 122 Å². The monoisotopic (exact) mass is 286 g/mol. The van der Waals surface area contributed by atoms with Crippen molar-refractivity contribution in [2.75, 3.05) is 0 Å². The van der Waals surface area contributed by atoms with Gasteiger partial charge in [-0.25, -0.2) is 0 Å². The number of nitrogens with one attached hydrogen (secondary N) is 1. The van der Waals surface area contributed by atoms with Crippen molar-refractivity contribution in [2.24, 2.45) is 17.1 Å². The van der Waals surface area contributed by atoms with E-state index in [2.05, 4.69) is 5.32 Å². The standard InChI is InChI=1S/C15H30N2O3/c1-10(8-7-9-11(2)16)12(18)17-15(5,6)14(3,4)13(19)20/h10-11H,7-9,16H2,1-6H3,(H,17,18)(H,19,20). The van der Waals surface area contributed by atoms with Crippen LogP contribution in [0.4, 0.5) is 0 Å². The Bertz CT molecular complexity index is 349. The third kappa shape index (κ3) is 5.12. The molecule has 0 rings (SSSR count). The maximum absolute atomic E-state index is 12.2. The van der Waals surface area contributed by atoms with Crippen molar-refractivity contribution < 1.29 is 14.7 Å². The van der Waals surface area contributed by atoms with Crippen LogP contribution in [0.25, 0.3) is 0 Å². The van der Waals surface area contributed by atoms with Crippen molar-refractivity contribution in [2.45, 2.75) is 72.4 Å². The summed E-state index contributed by atoms with van der Waals surface area (Å²) in [4.78, 5) is 23.5. The highest BCUT2D eigenvalue weighted by atomic mass is 16.4. The normalized spacial score (nSPS) is 15.6. The fourth-order valence-electron chi connectivity index (χ4n) is 1.73. The van der Waals surface area contributed by atoms with Crippen molar-refractivity contribution in [3.05, 3.63) is 0 Å². The molecule has 2 unspecified atom stereocenters. The second kappa shape index (κ2) is 7.07. The van der Waals surface area contributed by atoms with Crippen molar-refractivity contribution >= 4 is 11.9 Å². The molecule has 0 aliphatic rings. The van der Waals surface area contributed by atoms with Gasteiger partial charge in [-0.1, -0.05) is 13.3 Å². The molecule has 0 aliphatic carbocycles. The van der Waals surface area contributed by atoms with Gasteiger partial charge in [0.05, 0.1) is 5.41 Å². The average Bonchev–Trinajstić information content (AvgIpc) is 2.26. The minimum atomic E-state index is -1.03. The highest BCUT2D eigenvalue weighted by Gasteiger charge is 2.44. The summed E-state index contributed by atoms with van der Waals surface area (Å²) in [5.74, 6) is -1.17. The zero-order valence-corrected chi connectivity index (χ0v) is 13.6. The lowest BCUT2D eigenvalue weighted by Crippen LogP contribution is -2.57. The summed E-state index contributed by atoms with van der Waals surface area (Å²) >= 11 is 0. The Morgan fingerprint density at radius 1 is 1.15 bits per heavy atom. The molecule has 5 nitrogen and oxygen atoms in total. The molecule has 0 aromatic carbocycles. The van der Waals surface area contributed by atoms with Gasteiger partial charge in [0.1, 0.15) is 0 Å². The van der Waals surface area contributed by atoms with E-state index in [4.69, 9.17) is 5.73 Å². The molecule has 0 saturated carbocycles. The molecule has 5 heteroatoms. The minimum absolute atomic E-state index is 0.103. The summed E-state index contributed by atoms with van der Waals surface area (Å²) in [6.07, 6.45) is 2.55. The van der Waals surface area contributed by atoms with Crippen LogP contribution in [0.2, 0.25) is 0 Å². The highest BCUT2D eigenvalue weighted by molar-refractivity contribution is 5.81. The van der Waals surface area contributed by atoms with E-state index in [1.165, 1.54) is 0 Å². The highest BCUT2D eigenvalue weighted by Crippen LogP contribution is 2.31. The van der Waals surface area contributed by atoms with Gasteiger partial charge in [0.2, 0.25) is 5.91 Å². The lowest BCUT2D eigenvalue weighted by atomic mass is 9.74. The molecule has 0 fully saturated rings. The van der Waals surface area contributed by atoms with Gasteiger partial charge in [-0.3, -0.25) is 9.59 Å². The molecule has 1 amide bonds. The average molecular weight is 286 g/mol. The van der Waals surface area contributed by atoms with Crippen LogP contribution in [0, 0.1) is 11.3 Å². The van der Waals surface area contributed by atoms with Gasteiger partial charge in [-0.05, 0) is 47.5 Å². The van der Waals surface area contributed by atoms with Crippen LogP contribution in [0.15, 0.2) is 0 Å². The van der Waals surface area contributed by atoms with Gasteiger partial charge in [0.15, 0.2) is 0 Å². The maximum Gasteiger partial charge on any atom is 0.311 e. The Morgan fingerprint density at radius 2 is 1.65 bits per heavy atom. The van der Waals surface area contributed by atoms with Gasteiger partial charge in [-0.15, -0.1) is 0 Å². The van der Waals surface area contributed by atoms with Crippen LogP contribution < -0.4 is 11.1 Å². The van der Waals surface area contributed by atoms with Gasteiger partial charge in [0, 0.05) is 17.5 Å². The first kappa shape index (κ1) is 18.9. The number of amides is 1. The fraction of sp³-hybridized carbons (Fsp3) is 0.867. The lowest BCUT2D eigenvalue weighted by molar-refractivity contribution is -0.152. The van der Waals surface area contributed by atoms with E-state index in [1.807, 2.05) is 13.8 Å². The summed E-state index contributed by atoms with van der Waals surface area (Å²) in [5, 5.41) is 12.1. The predicted octanol–water partition coefficient (Wildman–Crippen LogP) is 2.15. The summed E-state index contributed by atoms with van der Waals surface area (Å²) in [6, 6.07) is 0.146. The summed E-state index contributed by atoms with van der Waals surface area (Å²) in [7, 11) is 0. The van der Waals surface area contributed by atoms with Crippen molar-refractivity contribution in [3.8, 4) is 0 Å². The number of rotatable bonds is 8. The van der Waals surface area contributed by atoms with Crippen LogP contribution >= 0.6 is 0 Å². The van der Waals surface area contributed by atoms with E-state index in [0.29, 0.717) is 0 Å². The zero-order chi connectivity index (χ0) is 16.1. The molecule has 0 saturated heterocycles. The molecule has 0 aromatic rings. The fourth-order valence-corrected chi connectivity index (χ4v) is 1.73. The Hall–Kier alpha value is -1.10. The first-order valence-corrected chi connectivity index (χ1v) is 7.23. The Morgan fingerprint density at radius 3 is 2.05 bits per heavy atom. The predicted molar refractivity (Wildman–Crippen MR) is 80.3 cm³/mol. The molecular weight excluding hydrogens is 256 g/mol. The smallest absolute Gasteiger partial charge is 0.311 e. The number of carboxylic acids is 1. The minimum Gasteiger partial charge on any atom is -0.481 e. The van der Waals surface area contributed by atoms with E-state index in [1.54, 1.807) is 27.7 Å². The van der Waals surface area contributed by atoms with Gasteiger partial charge < -0.3 is 16.2 Å². The zero-order valence-electron chi connectivity index (χ0n) is 13.6. The Balaban J connectivity index is 4.55. The van der Waals surface area contributed by atoms with E-state index in [0.717, 1.165) is 19.3 Å². The van der Waals surface area contributed by atoms with E-state index in [-0.39, 0.29) is 17.9 Å². The lowest BCUT2D eigenvalue weighted by Gasteiger charge is -2.39. The summed E-state index contributed by atoms with van der Waals surface area (Å²) in [5.41, 5.74) is 3.83. The molecule has 20 heavy (non-hydrogen) atoms. The van der Waals surface area contributed by atoms with Crippen LogP contribution in [-0.4, -0.2) is 28.6 Å². The van der Waals surface area contributed by atoms with E-state index in [9.17, 15) is 14.7 Å². The van der Waals surface area contributed by atoms with Crippen LogP contribution in [0.3, 0.4) is 0 Å². The molecule has 0 bridgehead atoms. The van der Waals surface area contributed by atoms with Crippen molar-refractivity contribution in [1.82, 2.24) is 5.32 Å². The second-order valence-corrected chi connectivity index (χ2v) is 6.85. The Kier molecular flexibility index (Phi) is 6.68. The van der Waals surface area contributed by atoms with Gasteiger partial charge >= 0.3 is 5.97 Å². The number of nitrogens with two attached hydrogens (primary N) is 1. The molecule has 118 valence electrons. The molecule has 0 aromatic heterocycles. The van der Waals surface area contributed by atoms with Crippen LogP contribution in [-0.2, 0) is 9.59 Å². The maximum atomic E-state index is 12.2. The number of carboxylic acid groups (broad SMARTS) is 1. The molecular formula is C15H30N2O3. The van der Waals surface area contributed by atoms with Crippen molar-refractivity contribution in [3.63, 3.8) is 0 Å². The van der Waals surface area contributed by atoms with Crippen molar-refractivity contribution in [1.29, 1.82) is 0 Å². The first-order chi connectivity index (χ1) is 8.91. The third-order valence-corrected chi connectivity index (χ3v) is 4.28. The molecule has 0 heterocycles. The molecule has 0 aliphatic heterocycles. The third-order valence-electron chi connectivity index (χ3n) is 4.28. The second-order valence-electron chi connectivity index (χ2n) is 6.85. The van der Waals surface area contributed by atoms with E-state index < -0.39 is 16.9 Å². The van der Waals surface area contributed by atoms with Crippen LogP contribution in [0.5, 0.6) is 0 Å². The van der Waals surface area contributed by atoms with Gasteiger partial charge in [-0.2, -0.15) is 0 Å². The topological polar surface area (TPSA) is 92.4 Å². The summed E-state index contributed by atoms with van der Waals surface area (Å²) < 4.78 is 0. The van der Waals surface area contributed by atoms with Gasteiger partial charge in [0.25, 0.3) is 0 Å². The first-order valence-electron chi connectivity index (χ1n) is 7.23. The number of hydrogen-bond acceptors (Lipinski definition) is 3. The summed E-state index contributed by atoms with van der Waals surface area (Å²) in [6.45, 7) is 10.5. The van der Waals surface area contributed by atoms with E-state index >= 15 is 0 Å². The number of carbonyl (C=O) groups excluding carboxylic acids is 1. The molecule has 0 spiro atoms. The number of carbonyl (C=O) groups is 2. The number of hydrogen-bond donors (Lipinski definition) is 3. The molecule has 4 N–H and O–H groups in total. The largest absolute Gasteiger partial charge is 0.481 e. The molecule has 2 atom stereocenters. The SMILES string of the molecule is CC(N)CCCC(C)C(=O)NC(C)(C)C(C)(C)C(=O)O.